The fraction of sp³-hybridized carbons (Fsp3) is 0.214. The number of rotatable bonds is 7. The van der Waals surface area contributed by atoms with E-state index in [-0.39, 0.29) is 0 Å². The quantitative estimate of drug-likeness (QED) is 0.363. The van der Waals surface area contributed by atoms with Crippen molar-refractivity contribution in [3.05, 3.63) is 106 Å². The van der Waals surface area contributed by atoms with Gasteiger partial charge in [0, 0.05) is 29.4 Å². The van der Waals surface area contributed by atoms with Gasteiger partial charge in [-0.05, 0) is 72.2 Å². The molecule has 154 valence electrons. The van der Waals surface area contributed by atoms with Crippen LogP contribution in [0.15, 0.2) is 77.9 Å². The summed E-state index contributed by atoms with van der Waals surface area (Å²) in [5.41, 5.74) is 9.09. The molecule has 3 heteroatoms. The number of aliphatic imine (C=N–C) groups is 1. The maximum absolute atomic E-state index is 9.28. The second-order valence-corrected chi connectivity index (χ2v) is 7.91. The highest BCUT2D eigenvalue weighted by molar-refractivity contribution is 5.98. The molecule has 0 atom stereocenters. The average Bonchev–Trinajstić information content (AvgIpc) is 3.22. The van der Waals surface area contributed by atoms with Crippen LogP contribution < -0.4 is 0 Å². The number of nitrogens with zero attached hydrogens (tertiary/aromatic N) is 2. The molecule has 3 aromatic carbocycles. The van der Waals surface area contributed by atoms with Crippen LogP contribution in [0, 0.1) is 11.3 Å². The summed E-state index contributed by atoms with van der Waals surface area (Å²) >= 11 is 0. The number of benzene rings is 3. The molecule has 3 nitrogen and oxygen atoms in total. The zero-order valence-corrected chi connectivity index (χ0v) is 18.2. The lowest BCUT2D eigenvalue weighted by Crippen LogP contribution is -1.99. The van der Waals surface area contributed by atoms with Crippen LogP contribution in [-0.4, -0.2) is 17.2 Å². The van der Waals surface area contributed by atoms with Gasteiger partial charge in [-0.1, -0.05) is 55.5 Å². The average molecular weight is 406 g/mol. The van der Waals surface area contributed by atoms with Gasteiger partial charge in [0.15, 0.2) is 0 Å². The molecule has 0 bridgehead atoms. The summed E-state index contributed by atoms with van der Waals surface area (Å²) in [7, 11) is 0. The maximum atomic E-state index is 9.28. The van der Waals surface area contributed by atoms with E-state index in [2.05, 4.69) is 73.6 Å². The third-order valence-electron chi connectivity index (χ3n) is 5.87. The Morgan fingerprint density at radius 1 is 0.968 bits per heavy atom. The number of nitrogens with one attached hydrogen (secondary N) is 1. The minimum atomic E-state index is 0.743. The van der Waals surface area contributed by atoms with Crippen LogP contribution in [0.5, 0.6) is 0 Å². The van der Waals surface area contributed by atoms with Gasteiger partial charge in [-0.2, -0.15) is 5.26 Å². The van der Waals surface area contributed by atoms with Crippen molar-refractivity contribution >= 4 is 16.6 Å². The first-order valence-electron chi connectivity index (χ1n) is 10.8. The Morgan fingerprint density at radius 2 is 1.74 bits per heavy atom. The molecule has 1 heterocycles. The predicted molar refractivity (Wildman–Crippen MR) is 129 cm³/mol. The van der Waals surface area contributed by atoms with E-state index in [1.807, 2.05) is 24.3 Å². The van der Waals surface area contributed by atoms with Gasteiger partial charge < -0.3 is 4.98 Å². The number of aromatic amines is 1. The number of hydrogen-bond acceptors (Lipinski definition) is 2. The summed E-state index contributed by atoms with van der Waals surface area (Å²) in [6.45, 7) is 5.03. The summed E-state index contributed by atoms with van der Waals surface area (Å²) in [5, 5.41) is 10.6. The van der Waals surface area contributed by atoms with Crippen LogP contribution in [0.1, 0.15) is 47.2 Å². The van der Waals surface area contributed by atoms with Gasteiger partial charge in [0.2, 0.25) is 0 Å². The first-order chi connectivity index (χ1) is 15.2. The van der Waals surface area contributed by atoms with E-state index in [4.69, 9.17) is 4.99 Å². The molecule has 1 N–H and O–H groups in total. The highest BCUT2D eigenvalue weighted by Crippen LogP contribution is 2.21. The lowest BCUT2D eigenvalue weighted by molar-refractivity contribution is 0.974. The zero-order chi connectivity index (χ0) is 21.6. The van der Waals surface area contributed by atoms with Gasteiger partial charge in [-0.25, -0.2) is 0 Å². The molecule has 0 fully saturated rings. The predicted octanol–water partition coefficient (Wildman–Crippen LogP) is 6.24. The summed E-state index contributed by atoms with van der Waals surface area (Å²) in [6.07, 6.45) is 4.85. The Labute approximate surface area is 184 Å². The number of H-pyrrole nitrogens is 1. The third kappa shape index (κ3) is 4.75. The van der Waals surface area contributed by atoms with Crippen LogP contribution in [0.3, 0.4) is 0 Å². The Balaban J connectivity index is 1.41. The van der Waals surface area contributed by atoms with Crippen molar-refractivity contribution < 1.29 is 0 Å². The van der Waals surface area contributed by atoms with Crippen molar-refractivity contribution in [3.8, 4) is 6.07 Å². The molecule has 1 aromatic heterocycles. The monoisotopic (exact) mass is 405 g/mol. The number of aromatic nitrogens is 1. The first-order valence-corrected chi connectivity index (χ1v) is 10.8. The summed E-state index contributed by atoms with van der Waals surface area (Å²) in [5.74, 6) is 0. The van der Waals surface area contributed by atoms with Gasteiger partial charge in [0.25, 0.3) is 0 Å². The molecule has 0 saturated heterocycles. The highest BCUT2D eigenvalue weighted by Gasteiger charge is 2.06. The van der Waals surface area contributed by atoms with Crippen LogP contribution in [0.2, 0.25) is 0 Å². The molecule has 0 saturated carbocycles. The van der Waals surface area contributed by atoms with Crippen molar-refractivity contribution in [3.63, 3.8) is 0 Å². The van der Waals surface area contributed by atoms with Gasteiger partial charge in [-0.3, -0.25) is 4.99 Å². The van der Waals surface area contributed by atoms with E-state index in [0.29, 0.717) is 0 Å². The van der Waals surface area contributed by atoms with Gasteiger partial charge >= 0.3 is 0 Å². The Hall–Kier alpha value is -3.64. The van der Waals surface area contributed by atoms with Crippen molar-refractivity contribution in [1.82, 2.24) is 4.98 Å². The van der Waals surface area contributed by atoms with Crippen LogP contribution in [-0.2, 0) is 19.3 Å². The zero-order valence-electron chi connectivity index (χ0n) is 18.2. The normalized spacial score (nSPS) is 11.6. The summed E-state index contributed by atoms with van der Waals surface area (Å²) < 4.78 is 0. The van der Waals surface area contributed by atoms with Gasteiger partial charge in [0.1, 0.15) is 0 Å². The van der Waals surface area contributed by atoms with E-state index < -0.39 is 0 Å². The van der Waals surface area contributed by atoms with Crippen LogP contribution >= 0.6 is 0 Å². The maximum Gasteiger partial charge on any atom is 0.0994 e. The smallest absolute Gasteiger partial charge is 0.0994 e. The summed E-state index contributed by atoms with van der Waals surface area (Å²) in [4.78, 5) is 8.19. The van der Waals surface area contributed by atoms with Crippen molar-refractivity contribution in [2.75, 3.05) is 6.54 Å². The van der Waals surface area contributed by atoms with Crippen molar-refractivity contribution in [1.29, 1.82) is 5.26 Å². The van der Waals surface area contributed by atoms with Crippen molar-refractivity contribution in [2.24, 2.45) is 4.99 Å². The number of aryl methyl sites for hydroxylation is 1. The number of hydrogen-bond donors (Lipinski definition) is 1. The molecular formula is C28H27N3. The van der Waals surface area contributed by atoms with E-state index >= 15 is 0 Å². The van der Waals surface area contributed by atoms with Gasteiger partial charge in [-0.15, -0.1) is 0 Å². The topological polar surface area (TPSA) is 51.9 Å². The molecular weight excluding hydrogens is 378 g/mol. The Kier molecular flexibility index (Phi) is 6.29. The fourth-order valence-electron chi connectivity index (χ4n) is 3.95. The second-order valence-electron chi connectivity index (χ2n) is 7.91. The molecule has 0 aliphatic heterocycles. The summed E-state index contributed by atoms with van der Waals surface area (Å²) in [6, 6.07) is 25.2. The van der Waals surface area contributed by atoms with Crippen LogP contribution in [0.25, 0.3) is 10.9 Å². The second kappa shape index (κ2) is 9.45. The molecule has 0 radical (unpaired) electrons. The lowest BCUT2D eigenvalue weighted by Gasteiger charge is -2.06. The van der Waals surface area contributed by atoms with E-state index in [1.165, 1.54) is 27.6 Å². The van der Waals surface area contributed by atoms with Gasteiger partial charge in [0.05, 0.1) is 11.6 Å². The Bertz CT molecular complexity index is 1250. The molecule has 0 spiro atoms. The van der Waals surface area contributed by atoms with Crippen molar-refractivity contribution in [2.45, 2.75) is 33.1 Å². The minimum absolute atomic E-state index is 0.743. The molecule has 0 aliphatic rings. The highest BCUT2D eigenvalue weighted by atomic mass is 14.7. The molecule has 4 aromatic rings. The standard InChI is InChI=1S/C28H27N3/c1-3-21-10-13-28-27(17-21)26(19-31-28)14-15-30-20(2)23-11-8-22(9-12-23)16-24-6-4-5-7-25(24)18-29/h4-13,17,19,31H,3,14-16H2,1-2H3. The number of fused-ring (bicyclic) bond motifs is 1. The fourth-order valence-corrected chi connectivity index (χ4v) is 3.95. The molecule has 4 rings (SSSR count). The van der Waals surface area contributed by atoms with Crippen LogP contribution in [0.4, 0.5) is 0 Å². The first kappa shape index (κ1) is 20.6. The minimum Gasteiger partial charge on any atom is -0.361 e. The third-order valence-corrected chi connectivity index (χ3v) is 5.87. The molecule has 31 heavy (non-hydrogen) atoms. The number of nitriles is 1. The molecule has 0 aliphatic carbocycles. The molecule has 0 amide bonds. The van der Waals surface area contributed by atoms with E-state index in [9.17, 15) is 5.26 Å². The Morgan fingerprint density at radius 3 is 2.52 bits per heavy atom. The SMILES string of the molecule is CCc1ccc2[nH]cc(CCN=C(C)c3ccc(Cc4ccccc4C#N)cc3)c2c1. The largest absolute Gasteiger partial charge is 0.361 e. The van der Waals surface area contributed by atoms with E-state index in [1.54, 1.807) is 0 Å². The molecule has 0 unspecified atom stereocenters. The lowest BCUT2D eigenvalue weighted by atomic mass is 9.99. The van der Waals surface area contributed by atoms with E-state index in [0.717, 1.165) is 48.2 Å².